The quantitative estimate of drug-likeness (QED) is 0.736. The first-order valence-electron chi connectivity index (χ1n) is 6.59. The molecule has 1 saturated heterocycles. The van der Waals surface area contributed by atoms with E-state index in [0.29, 0.717) is 32.0 Å². The zero-order chi connectivity index (χ0) is 15.2. The molecule has 1 fully saturated rings. The van der Waals surface area contributed by atoms with Crippen LogP contribution in [0.25, 0.3) is 0 Å². The molecule has 0 spiro atoms. The molecule has 7 nitrogen and oxygen atoms in total. The number of methoxy groups -OCH3 is 2. The van der Waals surface area contributed by atoms with Crippen molar-refractivity contribution in [3.63, 3.8) is 0 Å². The smallest absolute Gasteiger partial charge is 0.356 e. The highest BCUT2D eigenvalue weighted by Gasteiger charge is 2.30. The van der Waals surface area contributed by atoms with Crippen LogP contribution < -0.4 is 0 Å². The van der Waals surface area contributed by atoms with Crippen LogP contribution in [0.5, 0.6) is 0 Å². The van der Waals surface area contributed by atoms with Crippen molar-refractivity contribution in [2.75, 3.05) is 34.0 Å². The van der Waals surface area contributed by atoms with Crippen LogP contribution in [-0.2, 0) is 25.5 Å². The number of carbonyl (C=O) groups excluding carboxylic acids is 2. The van der Waals surface area contributed by atoms with Crippen LogP contribution in [0.3, 0.4) is 0 Å². The van der Waals surface area contributed by atoms with Crippen LogP contribution in [0.2, 0.25) is 0 Å². The minimum Gasteiger partial charge on any atom is -0.468 e. The molecule has 2 rings (SSSR count). The minimum absolute atomic E-state index is 0.248. The lowest BCUT2D eigenvalue weighted by molar-refractivity contribution is -0.153. The van der Waals surface area contributed by atoms with E-state index >= 15 is 0 Å². The summed E-state index contributed by atoms with van der Waals surface area (Å²) in [4.78, 5) is 29.4. The minimum atomic E-state index is -0.483. The molecule has 0 aromatic carbocycles. The largest absolute Gasteiger partial charge is 0.468 e. The number of ether oxygens (including phenoxy) is 3. The highest BCUT2D eigenvalue weighted by molar-refractivity contribution is 5.87. The monoisotopic (exact) mass is 294 g/mol. The van der Waals surface area contributed by atoms with Crippen LogP contribution in [0, 0.1) is 0 Å². The molecule has 1 aromatic rings. The highest BCUT2D eigenvalue weighted by Crippen LogP contribution is 2.13. The van der Waals surface area contributed by atoms with E-state index in [-0.39, 0.29) is 11.7 Å². The molecule has 1 aliphatic rings. The lowest BCUT2D eigenvalue weighted by Gasteiger charge is -2.33. The van der Waals surface area contributed by atoms with Crippen molar-refractivity contribution >= 4 is 11.9 Å². The van der Waals surface area contributed by atoms with Gasteiger partial charge in [0.05, 0.1) is 33.1 Å². The molecule has 0 amide bonds. The van der Waals surface area contributed by atoms with Crippen molar-refractivity contribution in [2.24, 2.45) is 0 Å². The molecule has 0 N–H and O–H groups in total. The summed E-state index contributed by atoms with van der Waals surface area (Å²) in [6.45, 7) is 1.88. The summed E-state index contributed by atoms with van der Waals surface area (Å²) in [5.74, 6) is -0.817. The Labute approximate surface area is 122 Å². The molecule has 0 aliphatic carbocycles. The molecule has 114 valence electrons. The summed E-state index contributed by atoms with van der Waals surface area (Å²) in [5, 5.41) is 0. The number of nitrogens with zero attached hydrogens (tertiary/aromatic N) is 2. The van der Waals surface area contributed by atoms with Gasteiger partial charge in [0.15, 0.2) is 0 Å². The van der Waals surface area contributed by atoms with Crippen LogP contribution in [-0.4, -0.2) is 61.8 Å². The summed E-state index contributed by atoms with van der Waals surface area (Å²) in [7, 11) is 2.66. The first kappa shape index (κ1) is 15.4. The molecular weight excluding hydrogens is 276 g/mol. The summed E-state index contributed by atoms with van der Waals surface area (Å²) in [6.07, 6.45) is 0. The summed E-state index contributed by atoms with van der Waals surface area (Å²) in [6, 6.07) is 4.68. The number of aromatic nitrogens is 1. The molecule has 0 bridgehead atoms. The lowest BCUT2D eigenvalue weighted by atomic mass is 10.2. The van der Waals surface area contributed by atoms with Gasteiger partial charge >= 0.3 is 11.9 Å². The van der Waals surface area contributed by atoms with Gasteiger partial charge in [-0.1, -0.05) is 6.07 Å². The molecule has 1 unspecified atom stereocenters. The molecule has 7 heteroatoms. The van der Waals surface area contributed by atoms with Gasteiger partial charge in [-0.2, -0.15) is 0 Å². The first-order valence-corrected chi connectivity index (χ1v) is 6.59. The third-order valence-corrected chi connectivity index (χ3v) is 3.28. The van der Waals surface area contributed by atoms with Crippen LogP contribution in [0.1, 0.15) is 16.2 Å². The van der Waals surface area contributed by atoms with Gasteiger partial charge in [-0.25, -0.2) is 9.78 Å². The van der Waals surface area contributed by atoms with Gasteiger partial charge in [0.25, 0.3) is 0 Å². The second kappa shape index (κ2) is 7.14. The molecule has 1 atom stereocenters. The number of morpholine rings is 1. The highest BCUT2D eigenvalue weighted by atomic mass is 16.5. The van der Waals surface area contributed by atoms with E-state index in [1.165, 1.54) is 14.2 Å². The fourth-order valence-corrected chi connectivity index (χ4v) is 2.17. The Morgan fingerprint density at radius 3 is 2.90 bits per heavy atom. The van der Waals surface area contributed by atoms with Crippen molar-refractivity contribution in [1.29, 1.82) is 0 Å². The van der Waals surface area contributed by atoms with E-state index in [4.69, 9.17) is 9.47 Å². The van der Waals surface area contributed by atoms with Crippen LogP contribution in [0.4, 0.5) is 0 Å². The van der Waals surface area contributed by atoms with Crippen LogP contribution >= 0.6 is 0 Å². The van der Waals surface area contributed by atoms with Gasteiger partial charge in [0, 0.05) is 13.1 Å². The molecule has 0 saturated carbocycles. The second-order valence-corrected chi connectivity index (χ2v) is 4.59. The molecule has 1 aliphatic heterocycles. The third-order valence-electron chi connectivity index (χ3n) is 3.28. The molecule has 21 heavy (non-hydrogen) atoms. The number of esters is 2. The predicted molar refractivity (Wildman–Crippen MR) is 72.6 cm³/mol. The lowest BCUT2D eigenvalue weighted by Crippen LogP contribution is -2.49. The molecule has 1 aromatic heterocycles. The van der Waals surface area contributed by atoms with Gasteiger partial charge in [-0.3, -0.25) is 9.69 Å². The van der Waals surface area contributed by atoms with Crippen LogP contribution in [0.15, 0.2) is 18.2 Å². The average molecular weight is 294 g/mol. The Kier molecular flexibility index (Phi) is 5.24. The number of carbonyl (C=O) groups is 2. The maximum atomic E-state index is 11.8. The van der Waals surface area contributed by atoms with Crippen molar-refractivity contribution in [2.45, 2.75) is 12.6 Å². The Morgan fingerprint density at radius 1 is 1.38 bits per heavy atom. The molecule has 0 radical (unpaired) electrons. The maximum absolute atomic E-state index is 11.8. The van der Waals surface area contributed by atoms with Crippen molar-refractivity contribution in [3.05, 3.63) is 29.6 Å². The number of pyridine rings is 1. The standard InChI is InChI=1S/C14H18N2O5/c1-19-13(17)11-5-3-4-10(15-11)8-16-6-7-21-9-12(16)14(18)20-2/h3-5,12H,6-9H2,1-2H3. The van der Waals surface area contributed by atoms with E-state index in [0.717, 1.165) is 0 Å². The van der Waals surface area contributed by atoms with E-state index < -0.39 is 12.0 Å². The van der Waals surface area contributed by atoms with E-state index in [2.05, 4.69) is 9.72 Å². The number of rotatable bonds is 4. The number of hydrogen-bond acceptors (Lipinski definition) is 7. The van der Waals surface area contributed by atoms with Crippen molar-refractivity contribution < 1.29 is 23.8 Å². The average Bonchev–Trinajstić information content (AvgIpc) is 2.54. The van der Waals surface area contributed by atoms with Gasteiger partial charge in [-0.15, -0.1) is 0 Å². The Morgan fingerprint density at radius 2 is 2.19 bits per heavy atom. The van der Waals surface area contributed by atoms with Crippen molar-refractivity contribution in [3.8, 4) is 0 Å². The number of hydrogen-bond donors (Lipinski definition) is 0. The van der Waals surface area contributed by atoms with Gasteiger partial charge in [0.1, 0.15) is 11.7 Å². The Balaban J connectivity index is 2.12. The van der Waals surface area contributed by atoms with E-state index in [9.17, 15) is 9.59 Å². The first-order chi connectivity index (χ1) is 10.2. The predicted octanol–water partition coefficient (Wildman–Crippen LogP) is 0.242. The fraction of sp³-hybridized carbons (Fsp3) is 0.500. The van der Waals surface area contributed by atoms with E-state index in [1.54, 1.807) is 18.2 Å². The Bertz CT molecular complexity index is 520. The SMILES string of the molecule is COC(=O)c1cccc(CN2CCOCC2C(=O)OC)n1. The fourth-order valence-electron chi connectivity index (χ4n) is 2.17. The Hall–Kier alpha value is -1.99. The summed E-state index contributed by atoms with van der Waals surface area (Å²) >= 11 is 0. The molecule has 2 heterocycles. The summed E-state index contributed by atoms with van der Waals surface area (Å²) < 4.78 is 14.7. The topological polar surface area (TPSA) is 78.0 Å². The summed E-state index contributed by atoms with van der Waals surface area (Å²) in [5.41, 5.74) is 0.937. The maximum Gasteiger partial charge on any atom is 0.356 e. The zero-order valence-electron chi connectivity index (χ0n) is 12.1. The normalized spacial score (nSPS) is 19.0. The van der Waals surface area contributed by atoms with Crippen molar-refractivity contribution in [1.82, 2.24) is 9.88 Å². The van der Waals surface area contributed by atoms with Gasteiger partial charge < -0.3 is 14.2 Å². The second-order valence-electron chi connectivity index (χ2n) is 4.59. The van der Waals surface area contributed by atoms with E-state index in [1.807, 2.05) is 4.90 Å². The third kappa shape index (κ3) is 3.77. The molecular formula is C14H18N2O5. The van der Waals surface area contributed by atoms with Gasteiger partial charge in [0.2, 0.25) is 0 Å². The van der Waals surface area contributed by atoms with Gasteiger partial charge in [-0.05, 0) is 12.1 Å². The zero-order valence-corrected chi connectivity index (χ0v) is 12.1.